The summed E-state index contributed by atoms with van der Waals surface area (Å²) in [7, 11) is 0. The summed E-state index contributed by atoms with van der Waals surface area (Å²) in [6, 6.07) is 0.579. The van der Waals surface area contributed by atoms with Crippen molar-refractivity contribution in [2.45, 2.75) is 57.0 Å². The lowest BCUT2D eigenvalue weighted by atomic mass is 9.96. The van der Waals surface area contributed by atoms with E-state index in [0.29, 0.717) is 6.04 Å². The SMILES string of the molecule is O=c1[nH]c(C2CCCN2)nn1C1CCCCC1. The van der Waals surface area contributed by atoms with Crippen LogP contribution in [0.3, 0.4) is 0 Å². The van der Waals surface area contributed by atoms with Crippen LogP contribution in [0.15, 0.2) is 4.79 Å². The maximum Gasteiger partial charge on any atom is 0.343 e. The largest absolute Gasteiger partial charge is 0.343 e. The van der Waals surface area contributed by atoms with Crippen molar-refractivity contribution in [1.82, 2.24) is 20.1 Å². The highest BCUT2D eigenvalue weighted by Gasteiger charge is 2.24. The highest BCUT2D eigenvalue weighted by atomic mass is 16.2. The molecule has 2 N–H and O–H groups in total. The van der Waals surface area contributed by atoms with Gasteiger partial charge < -0.3 is 5.32 Å². The summed E-state index contributed by atoms with van der Waals surface area (Å²) in [5, 5.41) is 7.87. The molecule has 1 aromatic heterocycles. The smallest absolute Gasteiger partial charge is 0.307 e. The second kappa shape index (κ2) is 4.64. The van der Waals surface area contributed by atoms with E-state index in [-0.39, 0.29) is 11.7 Å². The number of aromatic nitrogens is 3. The number of hydrogen-bond acceptors (Lipinski definition) is 3. The van der Waals surface area contributed by atoms with Crippen LogP contribution in [0.25, 0.3) is 0 Å². The molecule has 0 aromatic carbocycles. The number of hydrogen-bond donors (Lipinski definition) is 2. The molecular weight excluding hydrogens is 216 g/mol. The molecule has 0 amide bonds. The van der Waals surface area contributed by atoms with E-state index in [9.17, 15) is 4.79 Å². The first-order valence-corrected chi connectivity index (χ1v) is 6.77. The van der Waals surface area contributed by atoms with Crippen molar-refractivity contribution in [3.8, 4) is 0 Å². The van der Waals surface area contributed by atoms with Crippen molar-refractivity contribution in [3.05, 3.63) is 16.3 Å². The van der Waals surface area contributed by atoms with Crippen LogP contribution in [0.4, 0.5) is 0 Å². The Labute approximate surface area is 101 Å². The van der Waals surface area contributed by atoms with Crippen LogP contribution in [0, 0.1) is 0 Å². The second-order valence-corrected chi connectivity index (χ2v) is 5.20. The van der Waals surface area contributed by atoms with Crippen LogP contribution < -0.4 is 11.0 Å². The number of nitrogens with one attached hydrogen (secondary N) is 2. The van der Waals surface area contributed by atoms with Crippen molar-refractivity contribution < 1.29 is 0 Å². The second-order valence-electron chi connectivity index (χ2n) is 5.20. The third-order valence-electron chi connectivity index (χ3n) is 3.97. The maximum atomic E-state index is 11.9. The highest BCUT2D eigenvalue weighted by molar-refractivity contribution is 4.96. The van der Waals surface area contributed by atoms with Crippen LogP contribution in [0.1, 0.15) is 62.9 Å². The minimum absolute atomic E-state index is 0.0272. The van der Waals surface area contributed by atoms with E-state index in [1.54, 1.807) is 4.68 Å². The minimum Gasteiger partial charge on any atom is -0.307 e. The summed E-state index contributed by atoms with van der Waals surface area (Å²) in [6.45, 7) is 1.03. The van der Waals surface area contributed by atoms with Gasteiger partial charge in [-0.3, -0.25) is 4.98 Å². The number of H-pyrrole nitrogens is 1. The van der Waals surface area contributed by atoms with Gasteiger partial charge in [-0.1, -0.05) is 19.3 Å². The quantitative estimate of drug-likeness (QED) is 0.818. The lowest BCUT2D eigenvalue weighted by Gasteiger charge is -2.20. The zero-order chi connectivity index (χ0) is 11.7. The first-order chi connectivity index (χ1) is 8.34. The first kappa shape index (κ1) is 11.0. The molecule has 1 aliphatic heterocycles. The molecule has 1 saturated heterocycles. The van der Waals surface area contributed by atoms with Gasteiger partial charge in [-0.2, -0.15) is 5.10 Å². The zero-order valence-electron chi connectivity index (χ0n) is 10.1. The van der Waals surface area contributed by atoms with Gasteiger partial charge in [0.2, 0.25) is 0 Å². The highest BCUT2D eigenvalue weighted by Crippen LogP contribution is 2.27. The van der Waals surface area contributed by atoms with Crippen LogP contribution in [-0.4, -0.2) is 21.3 Å². The Morgan fingerprint density at radius 1 is 1.12 bits per heavy atom. The van der Waals surface area contributed by atoms with Gasteiger partial charge in [0.1, 0.15) is 5.82 Å². The lowest BCUT2D eigenvalue weighted by Crippen LogP contribution is -2.25. The predicted octanol–water partition coefficient (Wildman–Crippen LogP) is 1.50. The fourth-order valence-electron chi connectivity index (χ4n) is 3.00. The van der Waals surface area contributed by atoms with E-state index in [0.717, 1.165) is 31.6 Å². The van der Waals surface area contributed by atoms with Crippen LogP contribution in [0.5, 0.6) is 0 Å². The molecule has 94 valence electrons. The van der Waals surface area contributed by atoms with Gasteiger partial charge in [-0.05, 0) is 32.2 Å². The van der Waals surface area contributed by atoms with Crippen molar-refractivity contribution in [1.29, 1.82) is 0 Å². The molecule has 0 spiro atoms. The Bertz CT molecular complexity index is 424. The fourth-order valence-corrected chi connectivity index (χ4v) is 3.00. The molecule has 1 unspecified atom stereocenters. The average molecular weight is 236 g/mol. The molecule has 0 bridgehead atoms. The Balaban J connectivity index is 1.82. The summed E-state index contributed by atoms with van der Waals surface area (Å²) < 4.78 is 1.69. The Hall–Kier alpha value is -1.10. The van der Waals surface area contributed by atoms with Gasteiger partial charge in [0.15, 0.2) is 0 Å². The predicted molar refractivity (Wildman–Crippen MR) is 64.9 cm³/mol. The standard InChI is InChI=1S/C12H20N4O/c17-12-14-11(10-7-4-8-13-10)15-16(12)9-5-2-1-3-6-9/h9-10,13H,1-8H2,(H,14,15,17). The Morgan fingerprint density at radius 3 is 2.65 bits per heavy atom. The van der Waals surface area contributed by atoms with E-state index in [1.165, 1.54) is 25.7 Å². The molecule has 0 radical (unpaired) electrons. The maximum absolute atomic E-state index is 11.9. The normalized spacial score (nSPS) is 26.5. The third-order valence-corrected chi connectivity index (χ3v) is 3.97. The third kappa shape index (κ3) is 2.16. The molecule has 1 aromatic rings. The summed E-state index contributed by atoms with van der Waals surface area (Å²) >= 11 is 0. The van der Waals surface area contributed by atoms with Gasteiger partial charge >= 0.3 is 5.69 Å². The molecule has 17 heavy (non-hydrogen) atoms. The molecule has 5 heteroatoms. The van der Waals surface area contributed by atoms with Gasteiger partial charge in [0.25, 0.3) is 0 Å². The van der Waals surface area contributed by atoms with E-state index in [2.05, 4.69) is 15.4 Å². The van der Waals surface area contributed by atoms with E-state index < -0.39 is 0 Å². The van der Waals surface area contributed by atoms with E-state index in [4.69, 9.17) is 0 Å². The fraction of sp³-hybridized carbons (Fsp3) is 0.833. The molecule has 3 rings (SSSR count). The monoisotopic (exact) mass is 236 g/mol. The first-order valence-electron chi connectivity index (χ1n) is 6.77. The average Bonchev–Trinajstić information content (AvgIpc) is 2.99. The Morgan fingerprint density at radius 2 is 1.94 bits per heavy atom. The van der Waals surface area contributed by atoms with Gasteiger partial charge in [0, 0.05) is 0 Å². The van der Waals surface area contributed by atoms with Crippen molar-refractivity contribution in [2.24, 2.45) is 0 Å². The topological polar surface area (TPSA) is 62.7 Å². The van der Waals surface area contributed by atoms with Gasteiger partial charge in [0.05, 0.1) is 12.1 Å². The van der Waals surface area contributed by atoms with E-state index in [1.807, 2.05) is 0 Å². The van der Waals surface area contributed by atoms with E-state index >= 15 is 0 Å². The number of aromatic amines is 1. The summed E-state index contributed by atoms with van der Waals surface area (Å²) in [5.74, 6) is 0.832. The minimum atomic E-state index is -0.0272. The summed E-state index contributed by atoms with van der Waals surface area (Å²) in [4.78, 5) is 14.8. The Kier molecular flexibility index (Phi) is 3.01. The van der Waals surface area contributed by atoms with Crippen molar-refractivity contribution in [3.63, 3.8) is 0 Å². The molecule has 1 saturated carbocycles. The number of nitrogens with zero attached hydrogens (tertiary/aromatic N) is 2. The van der Waals surface area contributed by atoms with Gasteiger partial charge in [-0.25, -0.2) is 9.48 Å². The van der Waals surface area contributed by atoms with Crippen molar-refractivity contribution in [2.75, 3.05) is 6.54 Å². The zero-order valence-corrected chi connectivity index (χ0v) is 10.1. The molecule has 1 atom stereocenters. The number of rotatable bonds is 2. The molecule has 2 heterocycles. The van der Waals surface area contributed by atoms with Crippen LogP contribution in [0.2, 0.25) is 0 Å². The summed E-state index contributed by atoms with van der Waals surface area (Å²) in [5.41, 5.74) is -0.0272. The van der Waals surface area contributed by atoms with Gasteiger partial charge in [-0.15, -0.1) is 0 Å². The molecule has 2 aliphatic rings. The molecular formula is C12H20N4O. The van der Waals surface area contributed by atoms with Crippen LogP contribution >= 0.6 is 0 Å². The molecule has 1 aliphatic carbocycles. The molecule has 2 fully saturated rings. The lowest BCUT2D eigenvalue weighted by molar-refractivity contribution is 0.320. The van der Waals surface area contributed by atoms with Crippen molar-refractivity contribution >= 4 is 0 Å². The summed E-state index contributed by atoms with van der Waals surface area (Å²) in [6.07, 6.45) is 8.19. The molecule has 5 nitrogen and oxygen atoms in total. The van der Waals surface area contributed by atoms with Crippen LogP contribution in [-0.2, 0) is 0 Å².